The molecule has 0 aromatic rings. The minimum absolute atomic E-state index is 0.107. The molecule has 0 radical (unpaired) electrons. The van der Waals surface area contributed by atoms with Crippen molar-refractivity contribution in [2.45, 2.75) is 38.9 Å². The maximum absolute atomic E-state index is 5.11. The Bertz CT molecular complexity index is 148. The smallest absolute Gasteiger partial charge is 0.169 e. The van der Waals surface area contributed by atoms with Crippen molar-refractivity contribution in [3.8, 4) is 0 Å². The molecule has 0 aliphatic heterocycles. The summed E-state index contributed by atoms with van der Waals surface area (Å²) in [6.07, 6.45) is 5.32. The van der Waals surface area contributed by atoms with E-state index in [1.807, 2.05) is 0 Å². The SMILES string of the molecule is CCC1(CNCC(OC)OC)CCC1. The van der Waals surface area contributed by atoms with E-state index in [1.54, 1.807) is 14.2 Å². The third-order valence-electron chi connectivity index (χ3n) is 3.50. The van der Waals surface area contributed by atoms with Gasteiger partial charge < -0.3 is 14.8 Å². The van der Waals surface area contributed by atoms with Crippen LogP contribution in [0.15, 0.2) is 0 Å². The van der Waals surface area contributed by atoms with E-state index < -0.39 is 0 Å². The first kappa shape index (κ1) is 12.0. The van der Waals surface area contributed by atoms with Crippen LogP contribution in [0, 0.1) is 5.41 Å². The van der Waals surface area contributed by atoms with Gasteiger partial charge in [0.1, 0.15) is 0 Å². The third kappa shape index (κ3) is 2.94. The Morgan fingerprint density at radius 2 is 1.93 bits per heavy atom. The molecule has 0 unspecified atom stereocenters. The quantitative estimate of drug-likeness (QED) is 0.637. The summed E-state index contributed by atoms with van der Waals surface area (Å²) in [5, 5.41) is 3.43. The van der Waals surface area contributed by atoms with E-state index in [9.17, 15) is 0 Å². The molecule has 1 rings (SSSR count). The van der Waals surface area contributed by atoms with Gasteiger partial charge in [0.2, 0.25) is 0 Å². The Kier molecular flexibility index (Phi) is 4.85. The van der Waals surface area contributed by atoms with E-state index in [0.717, 1.165) is 13.1 Å². The maximum atomic E-state index is 5.11. The van der Waals surface area contributed by atoms with Crippen molar-refractivity contribution >= 4 is 0 Å². The fourth-order valence-electron chi connectivity index (χ4n) is 2.05. The highest BCUT2D eigenvalue weighted by Crippen LogP contribution is 2.42. The first-order chi connectivity index (χ1) is 6.76. The highest BCUT2D eigenvalue weighted by Gasteiger charge is 2.34. The van der Waals surface area contributed by atoms with Crippen LogP contribution in [0.3, 0.4) is 0 Å². The van der Waals surface area contributed by atoms with Gasteiger partial charge in [0.25, 0.3) is 0 Å². The fourth-order valence-corrected chi connectivity index (χ4v) is 2.05. The fraction of sp³-hybridized carbons (Fsp3) is 1.00. The second-order valence-corrected chi connectivity index (χ2v) is 4.24. The summed E-state index contributed by atoms with van der Waals surface area (Å²) in [7, 11) is 3.35. The monoisotopic (exact) mass is 201 g/mol. The van der Waals surface area contributed by atoms with Crippen LogP contribution in [-0.4, -0.2) is 33.6 Å². The molecule has 0 spiro atoms. The number of hydrogen-bond donors (Lipinski definition) is 1. The van der Waals surface area contributed by atoms with E-state index >= 15 is 0 Å². The van der Waals surface area contributed by atoms with Gasteiger partial charge in [-0.1, -0.05) is 13.3 Å². The van der Waals surface area contributed by atoms with Crippen LogP contribution in [0.5, 0.6) is 0 Å². The molecule has 1 saturated carbocycles. The summed E-state index contributed by atoms with van der Waals surface area (Å²) in [4.78, 5) is 0. The first-order valence-electron chi connectivity index (χ1n) is 5.52. The molecule has 0 heterocycles. The lowest BCUT2D eigenvalue weighted by Gasteiger charge is -2.41. The van der Waals surface area contributed by atoms with Gasteiger partial charge >= 0.3 is 0 Å². The Hall–Kier alpha value is -0.120. The first-order valence-corrected chi connectivity index (χ1v) is 5.52. The largest absolute Gasteiger partial charge is 0.355 e. The van der Waals surface area contributed by atoms with Crippen LogP contribution in [0.1, 0.15) is 32.6 Å². The molecule has 1 aliphatic rings. The van der Waals surface area contributed by atoms with Crippen molar-refractivity contribution in [2.24, 2.45) is 5.41 Å². The van der Waals surface area contributed by atoms with E-state index in [2.05, 4.69) is 12.2 Å². The molecule has 3 nitrogen and oxygen atoms in total. The van der Waals surface area contributed by atoms with E-state index in [1.165, 1.54) is 25.7 Å². The highest BCUT2D eigenvalue weighted by atomic mass is 16.7. The summed E-state index contributed by atoms with van der Waals surface area (Å²) in [5.41, 5.74) is 0.575. The average molecular weight is 201 g/mol. The van der Waals surface area contributed by atoms with Crippen LogP contribution in [-0.2, 0) is 9.47 Å². The second kappa shape index (κ2) is 5.69. The van der Waals surface area contributed by atoms with Gasteiger partial charge in [0, 0.05) is 27.3 Å². The molecule has 1 N–H and O–H groups in total. The Labute approximate surface area is 87.2 Å². The number of hydrogen-bond acceptors (Lipinski definition) is 3. The van der Waals surface area contributed by atoms with Crippen LogP contribution < -0.4 is 5.32 Å². The molecule has 0 bridgehead atoms. The van der Waals surface area contributed by atoms with Crippen LogP contribution in [0.2, 0.25) is 0 Å². The molecule has 14 heavy (non-hydrogen) atoms. The van der Waals surface area contributed by atoms with Crippen molar-refractivity contribution in [2.75, 3.05) is 27.3 Å². The minimum Gasteiger partial charge on any atom is -0.355 e. The molecular formula is C11H23NO2. The Morgan fingerprint density at radius 3 is 2.29 bits per heavy atom. The molecule has 0 saturated heterocycles. The van der Waals surface area contributed by atoms with Gasteiger partial charge in [0.15, 0.2) is 6.29 Å². The molecule has 0 aromatic carbocycles. The van der Waals surface area contributed by atoms with Crippen molar-refractivity contribution in [3.05, 3.63) is 0 Å². The molecule has 1 fully saturated rings. The number of rotatable bonds is 7. The Balaban J connectivity index is 2.13. The summed E-state index contributed by atoms with van der Waals surface area (Å²) < 4.78 is 10.2. The molecule has 0 atom stereocenters. The molecular weight excluding hydrogens is 178 g/mol. The molecule has 3 heteroatoms. The maximum Gasteiger partial charge on any atom is 0.169 e. The second-order valence-electron chi connectivity index (χ2n) is 4.24. The van der Waals surface area contributed by atoms with Gasteiger partial charge in [-0.3, -0.25) is 0 Å². The zero-order chi connectivity index (χ0) is 10.4. The predicted molar refractivity (Wildman–Crippen MR) is 57.3 cm³/mol. The highest BCUT2D eigenvalue weighted by molar-refractivity contribution is 4.88. The van der Waals surface area contributed by atoms with Crippen molar-refractivity contribution in [1.82, 2.24) is 5.32 Å². The normalized spacial score (nSPS) is 19.7. The Morgan fingerprint density at radius 1 is 1.29 bits per heavy atom. The zero-order valence-corrected chi connectivity index (χ0v) is 9.64. The predicted octanol–water partition coefficient (Wildman–Crippen LogP) is 1.78. The number of nitrogens with one attached hydrogen (secondary N) is 1. The summed E-state index contributed by atoms with van der Waals surface area (Å²) in [6.45, 7) is 4.17. The topological polar surface area (TPSA) is 30.5 Å². The van der Waals surface area contributed by atoms with E-state index in [4.69, 9.17) is 9.47 Å². The average Bonchev–Trinajstić information content (AvgIpc) is 2.16. The molecule has 0 aromatic heterocycles. The summed E-state index contributed by atoms with van der Waals surface area (Å²) in [5.74, 6) is 0. The van der Waals surface area contributed by atoms with Gasteiger partial charge in [-0.05, 0) is 24.7 Å². The van der Waals surface area contributed by atoms with Crippen LogP contribution >= 0.6 is 0 Å². The lowest BCUT2D eigenvalue weighted by Crippen LogP contribution is -2.42. The van der Waals surface area contributed by atoms with Crippen molar-refractivity contribution in [1.29, 1.82) is 0 Å². The summed E-state index contributed by atoms with van der Waals surface area (Å²) >= 11 is 0. The van der Waals surface area contributed by atoms with Gasteiger partial charge in [-0.2, -0.15) is 0 Å². The van der Waals surface area contributed by atoms with Crippen molar-refractivity contribution < 1.29 is 9.47 Å². The van der Waals surface area contributed by atoms with E-state index in [0.29, 0.717) is 5.41 Å². The van der Waals surface area contributed by atoms with E-state index in [-0.39, 0.29) is 6.29 Å². The number of methoxy groups -OCH3 is 2. The van der Waals surface area contributed by atoms with Crippen LogP contribution in [0.4, 0.5) is 0 Å². The van der Waals surface area contributed by atoms with Gasteiger partial charge in [0.05, 0.1) is 0 Å². The lowest BCUT2D eigenvalue weighted by atomic mass is 9.67. The zero-order valence-electron chi connectivity index (χ0n) is 9.64. The number of ether oxygens (including phenoxy) is 2. The van der Waals surface area contributed by atoms with Crippen molar-refractivity contribution in [3.63, 3.8) is 0 Å². The van der Waals surface area contributed by atoms with Gasteiger partial charge in [-0.25, -0.2) is 0 Å². The van der Waals surface area contributed by atoms with Crippen LogP contribution in [0.25, 0.3) is 0 Å². The molecule has 0 amide bonds. The standard InChI is InChI=1S/C11H23NO2/c1-4-11(6-5-7-11)9-12-8-10(13-2)14-3/h10,12H,4-9H2,1-3H3. The third-order valence-corrected chi connectivity index (χ3v) is 3.50. The van der Waals surface area contributed by atoms with Gasteiger partial charge in [-0.15, -0.1) is 0 Å². The lowest BCUT2D eigenvalue weighted by molar-refractivity contribution is -0.100. The molecule has 1 aliphatic carbocycles. The summed E-state index contributed by atoms with van der Waals surface area (Å²) in [6, 6.07) is 0. The molecule has 84 valence electrons. The minimum atomic E-state index is -0.107.